The van der Waals surface area contributed by atoms with Crippen molar-refractivity contribution in [1.82, 2.24) is 10.3 Å². The van der Waals surface area contributed by atoms with E-state index >= 15 is 0 Å². The number of nitrogens with zero attached hydrogens (tertiary/aromatic N) is 2. The van der Waals surface area contributed by atoms with Crippen molar-refractivity contribution in [2.45, 2.75) is 71.2 Å². The first-order valence-corrected chi connectivity index (χ1v) is 8.71. The topological polar surface area (TPSA) is 37.4 Å². The third-order valence-electron chi connectivity index (χ3n) is 3.98. The van der Waals surface area contributed by atoms with E-state index in [9.17, 15) is 0 Å². The Kier molecular flexibility index (Phi) is 3.79. The van der Waals surface area contributed by atoms with Crippen LogP contribution in [0.1, 0.15) is 51.1 Å². The molecule has 1 N–H and O–H groups in total. The number of hydrogen-bond donors (Lipinski definition) is 1. The van der Waals surface area contributed by atoms with Gasteiger partial charge >= 0.3 is 0 Å². The molecule has 0 spiro atoms. The number of thiazole rings is 1. The molecule has 2 fully saturated rings. The average molecular weight is 309 g/mol. The molecule has 1 aromatic heterocycles. The van der Waals surface area contributed by atoms with E-state index in [-0.39, 0.29) is 11.2 Å². The Labute approximate surface area is 131 Å². The van der Waals surface area contributed by atoms with E-state index in [1.165, 1.54) is 23.4 Å². The Balaban J connectivity index is 1.74. The highest BCUT2D eigenvalue weighted by Gasteiger charge is 2.39. The molecule has 1 aliphatic heterocycles. The van der Waals surface area contributed by atoms with Gasteiger partial charge in [0.05, 0.1) is 16.9 Å². The number of aryl methyl sites for hydroxylation is 1. The number of ether oxygens (including phenoxy) is 1. The molecule has 2 aliphatic rings. The number of aromatic nitrogens is 1. The van der Waals surface area contributed by atoms with Gasteiger partial charge in [0, 0.05) is 30.6 Å². The Morgan fingerprint density at radius 3 is 2.43 bits per heavy atom. The smallest absolute Gasteiger partial charge is 0.186 e. The summed E-state index contributed by atoms with van der Waals surface area (Å²) in [5.41, 5.74) is 0.909. The van der Waals surface area contributed by atoms with Crippen LogP contribution < -0.4 is 10.2 Å². The highest BCUT2D eigenvalue weighted by Crippen LogP contribution is 2.34. The lowest BCUT2D eigenvalue weighted by Gasteiger charge is -2.47. The van der Waals surface area contributed by atoms with E-state index in [1.807, 2.05) is 11.3 Å². The second-order valence-electron chi connectivity index (χ2n) is 7.64. The molecule has 1 aliphatic carbocycles. The summed E-state index contributed by atoms with van der Waals surface area (Å²) < 4.78 is 6.16. The molecule has 21 heavy (non-hydrogen) atoms. The minimum atomic E-state index is -0.131. The van der Waals surface area contributed by atoms with E-state index in [0.717, 1.165) is 30.8 Å². The summed E-state index contributed by atoms with van der Waals surface area (Å²) in [7, 11) is 0. The highest BCUT2D eigenvalue weighted by atomic mass is 32.1. The lowest BCUT2D eigenvalue weighted by molar-refractivity contribution is -0.133. The molecule has 1 saturated carbocycles. The van der Waals surface area contributed by atoms with Crippen molar-refractivity contribution < 1.29 is 4.74 Å². The first-order valence-electron chi connectivity index (χ1n) is 7.89. The molecular weight excluding hydrogens is 282 g/mol. The van der Waals surface area contributed by atoms with Crippen LogP contribution in [-0.2, 0) is 11.3 Å². The zero-order valence-electron chi connectivity index (χ0n) is 13.8. The van der Waals surface area contributed by atoms with Crippen molar-refractivity contribution in [2.24, 2.45) is 0 Å². The lowest BCUT2D eigenvalue weighted by atomic mass is 9.99. The largest absolute Gasteiger partial charge is 0.366 e. The summed E-state index contributed by atoms with van der Waals surface area (Å²) in [5, 5.41) is 4.73. The van der Waals surface area contributed by atoms with E-state index in [0.29, 0.717) is 0 Å². The van der Waals surface area contributed by atoms with Gasteiger partial charge in [0.1, 0.15) is 0 Å². The standard InChI is InChI=1S/C16H27N3OS/c1-11-13(8-17-12-6-7-12)21-14(18-11)19-9-15(2,3)20-16(4,5)10-19/h12,17H,6-10H2,1-5H3. The van der Waals surface area contributed by atoms with Crippen molar-refractivity contribution in [3.05, 3.63) is 10.6 Å². The molecule has 0 unspecified atom stereocenters. The molecule has 4 nitrogen and oxygen atoms in total. The van der Waals surface area contributed by atoms with E-state index in [1.54, 1.807) is 0 Å². The summed E-state index contributed by atoms with van der Waals surface area (Å²) in [6.07, 6.45) is 2.66. The number of rotatable bonds is 4. The Morgan fingerprint density at radius 1 is 1.24 bits per heavy atom. The average Bonchev–Trinajstić information content (AvgIpc) is 3.06. The molecular formula is C16H27N3OS. The monoisotopic (exact) mass is 309 g/mol. The molecule has 2 heterocycles. The van der Waals surface area contributed by atoms with Crippen LogP contribution in [0.2, 0.25) is 0 Å². The SMILES string of the molecule is Cc1nc(N2CC(C)(C)OC(C)(C)C2)sc1CNC1CC1. The maximum absolute atomic E-state index is 6.16. The van der Waals surface area contributed by atoms with Crippen LogP contribution >= 0.6 is 11.3 Å². The normalized spacial score (nSPS) is 24.3. The fourth-order valence-electron chi connectivity index (χ4n) is 3.16. The molecule has 3 rings (SSSR count). The minimum absolute atomic E-state index is 0.131. The highest BCUT2D eigenvalue weighted by molar-refractivity contribution is 7.15. The van der Waals surface area contributed by atoms with Gasteiger partial charge in [0.2, 0.25) is 0 Å². The minimum Gasteiger partial charge on any atom is -0.366 e. The number of nitrogens with one attached hydrogen (secondary N) is 1. The van der Waals surface area contributed by atoms with Crippen molar-refractivity contribution in [3.8, 4) is 0 Å². The molecule has 0 radical (unpaired) electrons. The molecule has 0 amide bonds. The zero-order valence-corrected chi connectivity index (χ0v) is 14.6. The third-order valence-corrected chi connectivity index (χ3v) is 5.19. The van der Waals surface area contributed by atoms with Crippen LogP contribution in [0.4, 0.5) is 5.13 Å². The summed E-state index contributed by atoms with van der Waals surface area (Å²) in [6, 6.07) is 0.746. The predicted molar refractivity (Wildman–Crippen MR) is 88.2 cm³/mol. The summed E-state index contributed by atoms with van der Waals surface area (Å²) in [5.74, 6) is 0. The van der Waals surface area contributed by atoms with Gasteiger partial charge in [-0.25, -0.2) is 4.98 Å². The quantitative estimate of drug-likeness (QED) is 0.927. The van der Waals surface area contributed by atoms with Crippen molar-refractivity contribution in [1.29, 1.82) is 0 Å². The predicted octanol–water partition coefficient (Wildman–Crippen LogP) is 3.10. The van der Waals surface area contributed by atoms with Crippen molar-refractivity contribution in [3.63, 3.8) is 0 Å². The molecule has 5 heteroatoms. The van der Waals surface area contributed by atoms with Gasteiger partial charge in [-0.05, 0) is 47.5 Å². The maximum atomic E-state index is 6.16. The molecule has 0 atom stereocenters. The van der Waals surface area contributed by atoms with Gasteiger partial charge in [-0.2, -0.15) is 0 Å². The van der Waals surface area contributed by atoms with Crippen LogP contribution in [0, 0.1) is 6.92 Å². The van der Waals surface area contributed by atoms with Crippen LogP contribution in [0.25, 0.3) is 0 Å². The second kappa shape index (κ2) is 5.21. The molecule has 0 bridgehead atoms. The van der Waals surface area contributed by atoms with Gasteiger partial charge in [-0.1, -0.05) is 0 Å². The van der Waals surface area contributed by atoms with Gasteiger partial charge in [-0.15, -0.1) is 11.3 Å². The van der Waals surface area contributed by atoms with Gasteiger partial charge < -0.3 is 15.0 Å². The van der Waals surface area contributed by atoms with E-state index < -0.39 is 0 Å². The third kappa shape index (κ3) is 3.76. The number of anilines is 1. The maximum Gasteiger partial charge on any atom is 0.186 e. The van der Waals surface area contributed by atoms with Crippen LogP contribution in [0.3, 0.4) is 0 Å². The fraction of sp³-hybridized carbons (Fsp3) is 0.812. The zero-order chi connectivity index (χ0) is 15.3. The summed E-state index contributed by atoms with van der Waals surface area (Å²) in [6.45, 7) is 13.5. The van der Waals surface area contributed by atoms with Crippen LogP contribution in [0.15, 0.2) is 0 Å². The Morgan fingerprint density at radius 2 is 1.86 bits per heavy atom. The fourth-order valence-corrected chi connectivity index (χ4v) is 4.17. The van der Waals surface area contributed by atoms with Crippen molar-refractivity contribution in [2.75, 3.05) is 18.0 Å². The van der Waals surface area contributed by atoms with Crippen molar-refractivity contribution >= 4 is 16.5 Å². The van der Waals surface area contributed by atoms with E-state index in [4.69, 9.17) is 9.72 Å². The van der Waals surface area contributed by atoms with Crippen LogP contribution in [0.5, 0.6) is 0 Å². The lowest BCUT2D eigenvalue weighted by Crippen LogP contribution is -2.57. The number of hydrogen-bond acceptors (Lipinski definition) is 5. The van der Waals surface area contributed by atoms with Crippen LogP contribution in [-0.4, -0.2) is 35.3 Å². The molecule has 1 saturated heterocycles. The molecule has 1 aromatic rings. The number of morpholine rings is 1. The molecule has 0 aromatic carbocycles. The van der Waals surface area contributed by atoms with Gasteiger partial charge in [0.25, 0.3) is 0 Å². The summed E-state index contributed by atoms with van der Waals surface area (Å²) in [4.78, 5) is 8.58. The van der Waals surface area contributed by atoms with Gasteiger partial charge in [0.15, 0.2) is 5.13 Å². The van der Waals surface area contributed by atoms with Gasteiger partial charge in [-0.3, -0.25) is 0 Å². The molecule has 118 valence electrons. The first-order chi connectivity index (χ1) is 9.74. The Bertz CT molecular complexity index is 504. The first kappa shape index (κ1) is 15.3. The Hall–Kier alpha value is -0.650. The summed E-state index contributed by atoms with van der Waals surface area (Å²) >= 11 is 1.83. The second-order valence-corrected chi connectivity index (χ2v) is 8.70. The van der Waals surface area contributed by atoms with E-state index in [2.05, 4.69) is 44.8 Å².